The van der Waals surface area contributed by atoms with Gasteiger partial charge in [-0.3, -0.25) is 0 Å². The van der Waals surface area contributed by atoms with Crippen LogP contribution in [0.2, 0.25) is 0 Å². The van der Waals surface area contributed by atoms with E-state index in [0.29, 0.717) is 5.84 Å². The maximum atomic E-state index is 6.69. The van der Waals surface area contributed by atoms with Crippen molar-refractivity contribution in [3.63, 3.8) is 0 Å². The summed E-state index contributed by atoms with van der Waals surface area (Å²) in [6, 6.07) is 67.3. The molecule has 10 rings (SSSR count). The Morgan fingerprint density at radius 2 is 1.07 bits per heavy atom. The number of fused-ring (bicyclic) bond motifs is 7. The van der Waals surface area contributed by atoms with E-state index in [1.165, 1.54) is 74.7 Å². The zero-order valence-electron chi connectivity index (χ0n) is 30.1. The molecule has 0 aliphatic heterocycles. The molecule has 55 heavy (non-hydrogen) atoms. The van der Waals surface area contributed by atoms with Crippen LogP contribution in [0.15, 0.2) is 199 Å². The van der Waals surface area contributed by atoms with Gasteiger partial charge in [0.2, 0.25) is 0 Å². The zero-order valence-corrected chi connectivity index (χ0v) is 30.9. The number of rotatable bonds is 7. The van der Waals surface area contributed by atoms with Crippen LogP contribution in [0.1, 0.15) is 16.7 Å². The highest BCUT2D eigenvalue weighted by molar-refractivity contribution is 7.25. The Balaban J connectivity index is 1.12. The number of benzene rings is 9. The van der Waals surface area contributed by atoms with Gasteiger partial charge < -0.3 is 5.73 Å². The van der Waals surface area contributed by atoms with Gasteiger partial charge in [-0.2, -0.15) is 0 Å². The first-order valence-corrected chi connectivity index (χ1v) is 19.5. The molecule has 3 heteroatoms. The van der Waals surface area contributed by atoms with Gasteiger partial charge in [-0.25, -0.2) is 4.99 Å². The second-order valence-corrected chi connectivity index (χ2v) is 15.1. The molecular formula is C52H36N2S. The first-order valence-electron chi connectivity index (χ1n) is 18.7. The molecule has 0 saturated heterocycles. The molecule has 0 fully saturated rings. The fourth-order valence-electron chi connectivity index (χ4n) is 8.11. The molecule has 1 heterocycles. The van der Waals surface area contributed by atoms with Crippen LogP contribution < -0.4 is 5.73 Å². The first kappa shape index (κ1) is 32.8. The van der Waals surface area contributed by atoms with Crippen molar-refractivity contribution >= 4 is 75.4 Å². The van der Waals surface area contributed by atoms with Gasteiger partial charge in [-0.05, 0) is 84.3 Å². The van der Waals surface area contributed by atoms with Gasteiger partial charge in [0.15, 0.2) is 0 Å². The van der Waals surface area contributed by atoms with Crippen LogP contribution in [-0.2, 0) is 6.42 Å². The SMILES string of the molecule is NC(=N/C(=C\Cc1ccc2c(c1)sc1ccccc12)c1ccc(-c2c3ccccc3c(-c3ccccc3)c3ccc4ccccc4c23)cc1)c1ccccc1. The minimum Gasteiger partial charge on any atom is -0.383 e. The molecule has 0 radical (unpaired) electrons. The van der Waals surface area contributed by atoms with Crippen LogP contribution in [0.25, 0.3) is 80.4 Å². The van der Waals surface area contributed by atoms with Crippen molar-refractivity contribution in [1.29, 1.82) is 0 Å². The normalized spacial score (nSPS) is 12.4. The molecule has 10 aromatic rings. The lowest BCUT2D eigenvalue weighted by Crippen LogP contribution is -2.13. The number of hydrogen-bond acceptors (Lipinski definition) is 2. The number of nitrogens with zero attached hydrogens (tertiary/aromatic N) is 1. The number of hydrogen-bond donors (Lipinski definition) is 1. The summed E-state index contributed by atoms with van der Waals surface area (Å²) >= 11 is 1.85. The number of thiophene rings is 1. The molecule has 0 aliphatic rings. The lowest BCUT2D eigenvalue weighted by molar-refractivity contribution is 1.27. The predicted molar refractivity (Wildman–Crippen MR) is 238 cm³/mol. The van der Waals surface area contributed by atoms with Crippen molar-refractivity contribution in [3.05, 3.63) is 211 Å². The molecular weight excluding hydrogens is 685 g/mol. The third kappa shape index (κ3) is 5.96. The van der Waals surface area contributed by atoms with Gasteiger partial charge in [0.25, 0.3) is 0 Å². The quantitative estimate of drug-likeness (QED) is 0.0757. The van der Waals surface area contributed by atoms with Crippen molar-refractivity contribution in [2.75, 3.05) is 0 Å². The second-order valence-electron chi connectivity index (χ2n) is 14.0. The molecule has 260 valence electrons. The molecule has 0 saturated carbocycles. The van der Waals surface area contributed by atoms with E-state index < -0.39 is 0 Å². The fourth-order valence-corrected chi connectivity index (χ4v) is 9.28. The van der Waals surface area contributed by atoms with Crippen LogP contribution in [-0.4, -0.2) is 5.84 Å². The maximum Gasteiger partial charge on any atom is 0.131 e. The lowest BCUT2D eigenvalue weighted by Gasteiger charge is -2.19. The van der Waals surface area contributed by atoms with Crippen LogP contribution >= 0.6 is 11.3 Å². The molecule has 9 aromatic carbocycles. The zero-order chi connectivity index (χ0) is 36.7. The first-order chi connectivity index (χ1) is 27.2. The summed E-state index contributed by atoms with van der Waals surface area (Å²) in [4.78, 5) is 5.08. The minimum atomic E-state index is 0.496. The fraction of sp³-hybridized carbons (Fsp3) is 0.0192. The summed E-state index contributed by atoms with van der Waals surface area (Å²) in [5.74, 6) is 0.496. The van der Waals surface area contributed by atoms with E-state index in [4.69, 9.17) is 10.7 Å². The van der Waals surface area contributed by atoms with Gasteiger partial charge >= 0.3 is 0 Å². The summed E-state index contributed by atoms with van der Waals surface area (Å²) in [5, 5.41) is 10.1. The van der Waals surface area contributed by atoms with Gasteiger partial charge in [0, 0.05) is 25.7 Å². The highest BCUT2D eigenvalue weighted by Crippen LogP contribution is 2.46. The molecule has 2 N–H and O–H groups in total. The highest BCUT2D eigenvalue weighted by Gasteiger charge is 2.19. The van der Waals surface area contributed by atoms with E-state index in [9.17, 15) is 0 Å². The summed E-state index contributed by atoms with van der Waals surface area (Å²) in [5.41, 5.74) is 15.6. The van der Waals surface area contributed by atoms with Gasteiger partial charge in [-0.1, -0.05) is 182 Å². The third-order valence-corrected chi connectivity index (χ3v) is 11.9. The standard InChI is InChI=1S/C52H36N2S/c53-52(39-16-5-2-6-17-39)54-46(32-24-34-23-30-42-41-19-11-12-22-47(41)55-48(42)33-34)36-25-27-38(28-26-36)50-44-21-10-9-20-43(44)49(37-14-3-1-4-15-37)45-31-29-35-13-7-8-18-40(35)51(45)50/h1-23,25-33H,24H2,(H2,53,54)/b46-32-. The average Bonchev–Trinajstić information content (AvgIpc) is 3.62. The minimum absolute atomic E-state index is 0.496. The van der Waals surface area contributed by atoms with Crippen LogP contribution in [0.3, 0.4) is 0 Å². The summed E-state index contributed by atoms with van der Waals surface area (Å²) < 4.78 is 2.62. The van der Waals surface area contributed by atoms with Gasteiger partial charge in [0.1, 0.15) is 5.84 Å². The smallest absolute Gasteiger partial charge is 0.131 e. The van der Waals surface area contributed by atoms with Gasteiger partial charge in [-0.15, -0.1) is 11.3 Å². The predicted octanol–water partition coefficient (Wildman–Crippen LogP) is 13.8. The van der Waals surface area contributed by atoms with E-state index >= 15 is 0 Å². The van der Waals surface area contributed by atoms with Crippen molar-refractivity contribution in [2.24, 2.45) is 10.7 Å². The molecule has 0 bridgehead atoms. The molecule has 0 atom stereocenters. The highest BCUT2D eigenvalue weighted by atomic mass is 32.1. The Morgan fingerprint density at radius 1 is 0.473 bits per heavy atom. The topological polar surface area (TPSA) is 38.4 Å². The molecule has 0 amide bonds. The summed E-state index contributed by atoms with van der Waals surface area (Å²) in [6.07, 6.45) is 2.95. The van der Waals surface area contributed by atoms with E-state index in [1.54, 1.807) is 0 Å². The number of allylic oxidation sites excluding steroid dienone is 1. The average molecular weight is 721 g/mol. The van der Waals surface area contributed by atoms with E-state index in [0.717, 1.165) is 28.8 Å². The Morgan fingerprint density at radius 3 is 1.85 bits per heavy atom. The Labute approximate surface area is 324 Å². The van der Waals surface area contributed by atoms with Gasteiger partial charge in [0.05, 0.1) is 5.70 Å². The number of aliphatic imine (C=N–C) groups is 1. The molecule has 2 nitrogen and oxygen atoms in total. The molecule has 0 unspecified atom stereocenters. The Kier molecular flexibility index (Phi) is 8.28. The lowest BCUT2D eigenvalue weighted by atomic mass is 9.84. The van der Waals surface area contributed by atoms with Crippen molar-refractivity contribution in [1.82, 2.24) is 0 Å². The number of amidine groups is 1. The maximum absolute atomic E-state index is 6.69. The molecule has 0 aliphatic carbocycles. The Hall–Kier alpha value is -6.81. The van der Waals surface area contributed by atoms with Crippen LogP contribution in [0.4, 0.5) is 0 Å². The van der Waals surface area contributed by atoms with Crippen molar-refractivity contribution in [3.8, 4) is 22.3 Å². The summed E-state index contributed by atoms with van der Waals surface area (Å²) in [7, 11) is 0. The van der Waals surface area contributed by atoms with Crippen LogP contribution in [0.5, 0.6) is 0 Å². The van der Waals surface area contributed by atoms with Crippen molar-refractivity contribution < 1.29 is 0 Å². The number of nitrogens with two attached hydrogens (primary N) is 1. The molecule has 0 spiro atoms. The van der Waals surface area contributed by atoms with E-state index in [-0.39, 0.29) is 0 Å². The Bertz CT molecular complexity index is 3100. The summed E-state index contributed by atoms with van der Waals surface area (Å²) in [6.45, 7) is 0. The van der Waals surface area contributed by atoms with E-state index in [2.05, 4.69) is 164 Å². The monoisotopic (exact) mass is 720 g/mol. The van der Waals surface area contributed by atoms with Crippen molar-refractivity contribution in [2.45, 2.75) is 6.42 Å². The molecule has 1 aromatic heterocycles. The third-order valence-electron chi connectivity index (χ3n) is 10.7. The second kappa shape index (κ2) is 13.9. The van der Waals surface area contributed by atoms with E-state index in [1.807, 2.05) is 41.7 Å². The van der Waals surface area contributed by atoms with Crippen LogP contribution in [0, 0.1) is 0 Å². The largest absolute Gasteiger partial charge is 0.383 e.